The number of phenolic OH excluding ortho intramolecular Hbond substituents is 2. The Bertz CT molecular complexity index is 374. The number of nitrogens with one attached hydrogen (secondary N) is 1. The van der Waals surface area contributed by atoms with E-state index in [0.29, 0.717) is 6.42 Å². The first-order valence-corrected chi connectivity index (χ1v) is 5.71. The van der Waals surface area contributed by atoms with Gasteiger partial charge in [-0.15, -0.1) is 0 Å². The van der Waals surface area contributed by atoms with Crippen molar-refractivity contribution in [2.75, 3.05) is 6.54 Å². The fourth-order valence-corrected chi connectivity index (χ4v) is 1.54. The number of alkyl halides is 1. The highest BCUT2D eigenvalue weighted by molar-refractivity contribution is 5.40. The lowest BCUT2D eigenvalue weighted by Gasteiger charge is -2.19. The molecule has 0 radical (unpaired) electrons. The first-order chi connectivity index (χ1) is 7.78. The van der Waals surface area contributed by atoms with Gasteiger partial charge in [0.15, 0.2) is 11.5 Å². The molecular weight excluding hydrogens is 221 g/mol. The van der Waals surface area contributed by atoms with Crippen molar-refractivity contribution in [1.29, 1.82) is 0 Å². The summed E-state index contributed by atoms with van der Waals surface area (Å²) in [6.45, 7) is 5.30. The fraction of sp³-hybridized carbons (Fsp3) is 0.538. The molecule has 0 aliphatic carbocycles. The van der Waals surface area contributed by atoms with E-state index in [-0.39, 0.29) is 24.1 Å². The lowest BCUT2D eigenvalue weighted by Crippen LogP contribution is -2.37. The molecule has 0 bridgehead atoms. The molecule has 1 aromatic rings. The predicted molar refractivity (Wildman–Crippen MR) is 66.1 cm³/mol. The van der Waals surface area contributed by atoms with E-state index in [2.05, 4.69) is 5.32 Å². The highest BCUT2D eigenvalue weighted by Gasteiger charge is 2.16. The van der Waals surface area contributed by atoms with E-state index < -0.39 is 5.67 Å². The normalized spacial score (nSPS) is 13.6. The zero-order valence-electron chi connectivity index (χ0n) is 10.5. The van der Waals surface area contributed by atoms with Crippen molar-refractivity contribution in [2.45, 2.75) is 38.9 Å². The molecule has 1 atom stereocenters. The topological polar surface area (TPSA) is 52.5 Å². The van der Waals surface area contributed by atoms with Gasteiger partial charge in [0.1, 0.15) is 5.67 Å². The summed E-state index contributed by atoms with van der Waals surface area (Å²) in [6, 6.07) is 4.83. The van der Waals surface area contributed by atoms with Crippen molar-refractivity contribution in [3.8, 4) is 11.5 Å². The van der Waals surface area contributed by atoms with Gasteiger partial charge in [0.05, 0.1) is 0 Å². The molecule has 1 rings (SSSR count). The number of hydrogen-bond acceptors (Lipinski definition) is 3. The number of phenols is 2. The number of aromatic hydroxyl groups is 2. The SMILES string of the molecule is CC(Cc1ccc(O)c(O)c1)NCC(C)(C)F. The van der Waals surface area contributed by atoms with Crippen LogP contribution in [0.2, 0.25) is 0 Å². The Morgan fingerprint density at radius 1 is 1.29 bits per heavy atom. The number of rotatable bonds is 5. The van der Waals surface area contributed by atoms with Crippen LogP contribution in [0.5, 0.6) is 11.5 Å². The summed E-state index contributed by atoms with van der Waals surface area (Å²) in [5.74, 6) is -0.250. The average molecular weight is 241 g/mol. The fourth-order valence-electron chi connectivity index (χ4n) is 1.54. The Morgan fingerprint density at radius 3 is 2.47 bits per heavy atom. The van der Waals surface area contributed by atoms with Gasteiger partial charge in [-0.05, 0) is 44.9 Å². The Kier molecular flexibility index (Phi) is 4.34. The maximum Gasteiger partial charge on any atom is 0.157 e. The first kappa shape index (κ1) is 13.8. The molecule has 4 heteroatoms. The molecular formula is C13H20FNO2. The average Bonchev–Trinajstić information content (AvgIpc) is 2.20. The van der Waals surface area contributed by atoms with Crippen LogP contribution in [0.4, 0.5) is 4.39 Å². The third kappa shape index (κ3) is 5.04. The highest BCUT2D eigenvalue weighted by Crippen LogP contribution is 2.25. The van der Waals surface area contributed by atoms with E-state index in [0.717, 1.165) is 5.56 Å². The van der Waals surface area contributed by atoms with Gasteiger partial charge in [0.25, 0.3) is 0 Å². The molecule has 3 nitrogen and oxygen atoms in total. The molecule has 3 N–H and O–H groups in total. The molecule has 0 fully saturated rings. The van der Waals surface area contributed by atoms with E-state index in [1.165, 1.54) is 26.0 Å². The molecule has 0 saturated carbocycles. The summed E-state index contributed by atoms with van der Waals surface area (Å²) in [7, 11) is 0. The molecule has 17 heavy (non-hydrogen) atoms. The van der Waals surface area contributed by atoms with Gasteiger partial charge in [-0.2, -0.15) is 0 Å². The molecule has 0 aliphatic heterocycles. The van der Waals surface area contributed by atoms with Crippen LogP contribution in [0.15, 0.2) is 18.2 Å². The third-order valence-corrected chi connectivity index (χ3v) is 2.45. The molecule has 0 heterocycles. The van der Waals surface area contributed by atoms with Crippen LogP contribution in [0.3, 0.4) is 0 Å². The Labute approximate surface area is 101 Å². The largest absolute Gasteiger partial charge is 0.504 e. The maximum atomic E-state index is 13.3. The lowest BCUT2D eigenvalue weighted by atomic mass is 10.1. The second-order valence-electron chi connectivity index (χ2n) is 5.03. The molecule has 0 saturated heterocycles. The van der Waals surface area contributed by atoms with Crippen molar-refractivity contribution in [2.24, 2.45) is 0 Å². The monoisotopic (exact) mass is 241 g/mol. The van der Waals surface area contributed by atoms with Gasteiger partial charge in [-0.25, -0.2) is 4.39 Å². The van der Waals surface area contributed by atoms with Crippen molar-refractivity contribution in [3.63, 3.8) is 0 Å². The first-order valence-electron chi connectivity index (χ1n) is 5.71. The predicted octanol–water partition coefficient (Wildman–Crippen LogP) is 2.37. The standard InChI is InChI=1S/C13H20FNO2/c1-9(15-8-13(2,3)14)6-10-4-5-11(16)12(17)7-10/h4-5,7,9,15-17H,6,8H2,1-3H3. The molecule has 0 aromatic heterocycles. The van der Waals surface area contributed by atoms with E-state index in [1.807, 2.05) is 6.92 Å². The molecule has 1 unspecified atom stereocenters. The quantitative estimate of drug-likeness (QED) is 0.694. The van der Waals surface area contributed by atoms with Crippen molar-refractivity contribution in [1.82, 2.24) is 5.32 Å². The summed E-state index contributed by atoms with van der Waals surface area (Å²) in [6.07, 6.45) is 0.671. The summed E-state index contributed by atoms with van der Waals surface area (Å²) < 4.78 is 13.3. The Hall–Kier alpha value is -1.29. The van der Waals surface area contributed by atoms with Gasteiger partial charge < -0.3 is 15.5 Å². The second-order valence-corrected chi connectivity index (χ2v) is 5.03. The Morgan fingerprint density at radius 2 is 1.94 bits per heavy atom. The van der Waals surface area contributed by atoms with Crippen molar-refractivity contribution < 1.29 is 14.6 Å². The van der Waals surface area contributed by atoms with Crippen molar-refractivity contribution >= 4 is 0 Å². The van der Waals surface area contributed by atoms with E-state index >= 15 is 0 Å². The Balaban J connectivity index is 2.50. The summed E-state index contributed by atoms with van der Waals surface area (Å²) in [5, 5.41) is 21.6. The zero-order chi connectivity index (χ0) is 13.1. The molecule has 0 aliphatic rings. The summed E-state index contributed by atoms with van der Waals surface area (Å²) in [4.78, 5) is 0. The molecule has 1 aromatic carbocycles. The van der Waals surface area contributed by atoms with E-state index in [4.69, 9.17) is 0 Å². The number of hydrogen-bond donors (Lipinski definition) is 3. The third-order valence-electron chi connectivity index (χ3n) is 2.45. The van der Waals surface area contributed by atoms with E-state index in [1.54, 1.807) is 6.07 Å². The van der Waals surface area contributed by atoms with Crippen LogP contribution in [-0.4, -0.2) is 28.5 Å². The molecule has 0 spiro atoms. The van der Waals surface area contributed by atoms with Crippen LogP contribution in [0.1, 0.15) is 26.3 Å². The van der Waals surface area contributed by atoms with Gasteiger partial charge in [-0.3, -0.25) is 0 Å². The zero-order valence-corrected chi connectivity index (χ0v) is 10.5. The van der Waals surface area contributed by atoms with Gasteiger partial charge >= 0.3 is 0 Å². The summed E-state index contributed by atoms with van der Waals surface area (Å²) >= 11 is 0. The van der Waals surface area contributed by atoms with Crippen LogP contribution in [0, 0.1) is 0 Å². The number of halogens is 1. The van der Waals surface area contributed by atoms with Crippen LogP contribution < -0.4 is 5.32 Å². The van der Waals surface area contributed by atoms with Crippen LogP contribution in [0.25, 0.3) is 0 Å². The highest BCUT2D eigenvalue weighted by atomic mass is 19.1. The number of benzene rings is 1. The minimum Gasteiger partial charge on any atom is -0.504 e. The lowest BCUT2D eigenvalue weighted by molar-refractivity contribution is 0.204. The van der Waals surface area contributed by atoms with Gasteiger partial charge in [0, 0.05) is 12.6 Å². The second kappa shape index (κ2) is 5.36. The van der Waals surface area contributed by atoms with Gasteiger partial charge in [-0.1, -0.05) is 6.07 Å². The smallest absolute Gasteiger partial charge is 0.157 e. The van der Waals surface area contributed by atoms with Crippen LogP contribution >= 0.6 is 0 Å². The minimum atomic E-state index is -1.23. The minimum absolute atomic E-state index is 0.106. The maximum absolute atomic E-state index is 13.3. The molecule has 96 valence electrons. The van der Waals surface area contributed by atoms with E-state index in [9.17, 15) is 14.6 Å². The van der Waals surface area contributed by atoms with Gasteiger partial charge in [0.2, 0.25) is 0 Å². The van der Waals surface area contributed by atoms with Crippen LogP contribution in [-0.2, 0) is 6.42 Å². The summed E-state index contributed by atoms with van der Waals surface area (Å²) in [5.41, 5.74) is -0.331. The van der Waals surface area contributed by atoms with Crippen molar-refractivity contribution in [3.05, 3.63) is 23.8 Å². The molecule has 0 amide bonds.